The Morgan fingerprint density at radius 1 is 1.17 bits per heavy atom. The fourth-order valence-corrected chi connectivity index (χ4v) is 5.06. The second-order valence-electron chi connectivity index (χ2n) is 6.88. The first kappa shape index (κ1) is 20.5. The molecule has 4 rings (SSSR count). The van der Waals surface area contributed by atoms with Crippen molar-refractivity contribution >= 4 is 21.2 Å². The summed E-state index contributed by atoms with van der Waals surface area (Å²) in [6.07, 6.45) is 2.31. The van der Waals surface area contributed by atoms with Gasteiger partial charge in [-0.2, -0.15) is 0 Å². The van der Waals surface area contributed by atoms with E-state index >= 15 is 0 Å². The second-order valence-corrected chi connectivity index (χ2v) is 9.82. The van der Waals surface area contributed by atoms with Gasteiger partial charge in [-0.05, 0) is 53.1 Å². The van der Waals surface area contributed by atoms with Crippen LogP contribution in [0.15, 0.2) is 69.5 Å². The van der Waals surface area contributed by atoms with Crippen LogP contribution >= 0.6 is 11.3 Å². The SMILES string of the molecule is Cc1ccc(S(=O)(=O)Cn2nnnc2CNC(Cc2ccco2)c2cccs2)cc1. The third-order valence-corrected chi connectivity index (χ3v) is 7.22. The van der Waals surface area contributed by atoms with Gasteiger partial charge in [0.1, 0.15) is 5.76 Å². The highest BCUT2D eigenvalue weighted by Crippen LogP contribution is 2.23. The van der Waals surface area contributed by atoms with Crippen LogP contribution in [0.25, 0.3) is 0 Å². The number of aromatic nitrogens is 4. The Morgan fingerprint density at radius 2 is 2.00 bits per heavy atom. The summed E-state index contributed by atoms with van der Waals surface area (Å²) in [5, 5.41) is 17.0. The van der Waals surface area contributed by atoms with Crippen molar-refractivity contribution in [1.82, 2.24) is 25.5 Å². The van der Waals surface area contributed by atoms with Crippen molar-refractivity contribution in [3.05, 3.63) is 82.2 Å². The predicted molar refractivity (Wildman–Crippen MR) is 112 cm³/mol. The molecule has 3 heterocycles. The Balaban J connectivity index is 1.48. The van der Waals surface area contributed by atoms with E-state index in [1.807, 2.05) is 30.5 Å². The number of thiophene rings is 1. The Labute approximate surface area is 178 Å². The molecule has 0 aliphatic rings. The van der Waals surface area contributed by atoms with E-state index in [0.717, 1.165) is 16.2 Å². The molecule has 8 nitrogen and oxygen atoms in total. The monoisotopic (exact) mass is 443 g/mol. The summed E-state index contributed by atoms with van der Waals surface area (Å²) in [6, 6.07) is 14.6. The molecule has 0 amide bonds. The zero-order valence-corrected chi connectivity index (χ0v) is 17.9. The van der Waals surface area contributed by atoms with E-state index in [4.69, 9.17) is 4.42 Å². The first-order valence-electron chi connectivity index (χ1n) is 9.35. The molecule has 0 saturated carbocycles. The highest BCUT2D eigenvalue weighted by Gasteiger charge is 2.20. The maximum absolute atomic E-state index is 12.8. The molecule has 0 fully saturated rings. The lowest BCUT2D eigenvalue weighted by molar-refractivity contribution is 0.444. The highest BCUT2D eigenvalue weighted by molar-refractivity contribution is 7.90. The van der Waals surface area contributed by atoms with Gasteiger partial charge in [-0.3, -0.25) is 0 Å². The first-order chi connectivity index (χ1) is 14.5. The van der Waals surface area contributed by atoms with Crippen molar-refractivity contribution < 1.29 is 12.8 Å². The van der Waals surface area contributed by atoms with Crippen LogP contribution in [0.4, 0.5) is 0 Å². The topological polar surface area (TPSA) is 103 Å². The molecular weight excluding hydrogens is 422 g/mol. The van der Waals surface area contributed by atoms with Crippen molar-refractivity contribution in [2.24, 2.45) is 0 Å². The largest absolute Gasteiger partial charge is 0.469 e. The quantitative estimate of drug-likeness (QED) is 0.424. The smallest absolute Gasteiger partial charge is 0.198 e. The van der Waals surface area contributed by atoms with Crippen LogP contribution in [0.2, 0.25) is 0 Å². The number of benzene rings is 1. The van der Waals surface area contributed by atoms with E-state index in [0.29, 0.717) is 18.8 Å². The molecule has 0 aliphatic heterocycles. The summed E-state index contributed by atoms with van der Waals surface area (Å²) in [6.45, 7) is 2.23. The minimum Gasteiger partial charge on any atom is -0.469 e. The molecule has 0 bridgehead atoms. The molecule has 1 N–H and O–H groups in total. The molecular formula is C20H21N5O3S2. The summed E-state index contributed by atoms with van der Waals surface area (Å²) < 4.78 is 32.3. The standard InChI is InChI=1S/C20H21N5O3S2/c1-15-6-8-17(9-7-15)30(26,27)14-25-20(22-23-24-25)13-21-18(19-5-3-11-29-19)12-16-4-2-10-28-16/h2-11,18,21H,12-14H2,1H3. The van der Waals surface area contributed by atoms with E-state index in [2.05, 4.69) is 26.9 Å². The fourth-order valence-electron chi connectivity index (χ4n) is 3.04. The van der Waals surface area contributed by atoms with Crippen LogP contribution in [0.3, 0.4) is 0 Å². The van der Waals surface area contributed by atoms with Crippen molar-refractivity contribution in [2.45, 2.75) is 36.7 Å². The first-order valence-corrected chi connectivity index (χ1v) is 11.9. The average Bonchev–Trinajstić information content (AvgIpc) is 3.48. The van der Waals surface area contributed by atoms with Crippen molar-refractivity contribution in [3.63, 3.8) is 0 Å². The lowest BCUT2D eigenvalue weighted by Crippen LogP contribution is -2.25. The number of hydrogen-bond donors (Lipinski definition) is 1. The van der Waals surface area contributed by atoms with Gasteiger partial charge >= 0.3 is 0 Å². The second kappa shape index (κ2) is 8.90. The number of rotatable bonds is 9. The summed E-state index contributed by atoms with van der Waals surface area (Å²) in [7, 11) is -3.57. The Kier molecular flexibility index (Phi) is 6.07. The number of nitrogens with one attached hydrogen (secondary N) is 1. The minimum absolute atomic E-state index is 0.00462. The third kappa shape index (κ3) is 4.84. The summed E-state index contributed by atoms with van der Waals surface area (Å²) in [5.41, 5.74) is 0.998. The zero-order valence-electron chi connectivity index (χ0n) is 16.3. The number of nitrogens with zero attached hydrogens (tertiary/aromatic N) is 4. The van der Waals surface area contributed by atoms with Crippen LogP contribution < -0.4 is 5.32 Å². The normalized spacial score (nSPS) is 12.8. The molecule has 156 valence electrons. The van der Waals surface area contributed by atoms with Gasteiger partial charge in [0.15, 0.2) is 21.5 Å². The zero-order chi connectivity index (χ0) is 21.0. The lowest BCUT2D eigenvalue weighted by Gasteiger charge is -2.16. The minimum atomic E-state index is -3.57. The van der Waals surface area contributed by atoms with Crippen LogP contribution in [0.1, 0.15) is 28.1 Å². The van der Waals surface area contributed by atoms with E-state index in [-0.39, 0.29) is 16.8 Å². The number of tetrazole rings is 1. The fraction of sp³-hybridized carbons (Fsp3) is 0.250. The molecule has 1 aromatic carbocycles. The molecule has 3 aromatic heterocycles. The van der Waals surface area contributed by atoms with Crippen LogP contribution in [-0.4, -0.2) is 28.6 Å². The summed E-state index contributed by atoms with van der Waals surface area (Å²) >= 11 is 1.64. The van der Waals surface area contributed by atoms with E-state index in [1.54, 1.807) is 41.9 Å². The van der Waals surface area contributed by atoms with Crippen LogP contribution in [0.5, 0.6) is 0 Å². The Hall–Kier alpha value is -2.82. The van der Waals surface area contributed by atoms with Gasteiger partial charge in [0.05, 0.1) is 17.7 Å². The summed E-state index contributed by atoms with van der Waals surface area (Å²) in [4.78, 5) is 1.40. The van der Waals surface area contributed by atoms with E-state index in [9.17, 15) is 8.42 Å². The van der Waals surface area contributed by atoms with Gasteiger partial charge in [-0.25, -0.2) is 13.1 Å². The number of aryl methyl sites for hydroxylation is 1. The van der Waals surface area contributed by atoms with Crippen molar-refractivity contribution in [3.8, 4) is 0 Å². The maximum atomic E-state index is 12.8. The molecule has 0 spiro atoms. The molecule has 0 aliphatic carbocycles. The van der Waals surface area contributed by atoms with Gasteiger partial charge in [0.25, 0.3) is 0 Å². The average molecular weight is 444 g/mol. The van der Waals surface area contributed by atoms with Gasteiger partial charge in [0.2, 0.25) is 0 Å². The highest BCUT2D eigenvalue weighted by atomic mass is 32.2. The van der Waals surface area contributed by atoms with E-state index < -0.39 is 9.84 Å². The number of furan rings is 1. The molecule has 30 heavy (non-hydrogen) atoms. The summed E-state index contributed by atoms with van der Waals surface area (Å²) in [5.74, 6) is 0.996. The molecule has 1 unspecified atom stereocenters. The van der Waals surface area contributed by atoms with Crippen molar-refractivity contribution in [1.29, 1.82) is 0 Å². The molecule has 1 atom stereocenters. The number of sulfone groups is 1. The third-order valence-electron chi connectivity index (χ3n) is 4.66. The number of hydrogen-bond acceptors (Lipinski definition) is 8. The molecule has 0 radical (unpaired) electrons. The molecule has 0 saturated heterocycles. The van der Waals surface area contributed by atoms with Gasteiger partial charge < -0.3 is 9.73 Å². The maximum Gasteiger partial charge on any atom is 0.198 e. The van der Waals surface area contributed by atoms with Crippen LogP contribution in [0, 0.1) is 6.92 Å². The van der Waals surface area contributed by atoms with Gasteiger partial charge in [-0.15, -0.1) is 16.4 Å². The van der Waals surface area contributed by atoms with Gasteiger partial charge in [0, 0.05) is 17.3 Å². The lowest BCUT2D eigenvalue weighted by atomic mass is 10.1. The van der Waals surface area contributed by atoms with Crippen molar-refractivity contribution in [2.75, 3.05) is 0 Å². The van der Waals surface area contributed by atoms with Gasteiger partial charge in [-0.1, -0.05) is 23.8 Å². The Bertz CT molecular complexity index is 1170. The Morgan fingerprint density at radius 3 is 2.70 bits per heavy atom. The van der Waals surface area contributed by atoms with Crippen LogP contribution in [-0.2, 0) is 28.7 Å². The predicted octanol–water partition coefficient (Wildman–Crippen LogP) is 3.14. The van der Waals surface area contributed by atoms with E-state index in [1.165, 1.54) is 4.68 Å². The molecule has 4 aromatic rings. The molecule has 10 heteroatoms.